The molecule has 3 rings (SSSR count). The van der Waals surface area contributed by atoms with E-state index in [1.54, 1.807) is 14.2 Å². The minimum absolute atomic E-state index is 0.132. The highest BCUT2D eigenvalue weighted by molar-refractivity contribution is 7.99. The van der Waals surface area contributed by atoms with Crippen LogP contribution in [0.15, 0.2) is 59.6 Å². The van der Waals surface area contributed by atoms with E-state index in [0.717, 1.165) is 22.6 Å². The molecule has 0 fully saturated rings. The van der Waals surface area contributed by atoms with Crippen LogP contribution in [-0.2, 0) is 4.79 Å². The number of anilines is 1. The van der Waals surface area contributed by atoms with Gasteiger partial charge in [-0.15, -0.1) is 10.2 Å². The average molecular weight is 395 g/mol. The first-order chi connectivity index (χ1) is 13.6. The van der Waals surface area contributed by atoms with Crippen molar-refractivity contribution in [1.82, 2.24) is 10.2 Å². The molecule has 1 heterocycles. The maximum absolute atomic E-state index is 12.3. The largest absolute Gasteiger partial charge is 0.497 e. The third-order valence-electron chi connectivity index (χ3n) is 3.99. The van der Waals surface area contributed by atoms with E-state index in [-0.39, 0.29) is 11.7 Å². The summed E-state index contributed by atoms with van der Waals surface area (Å²) in [6.45, 7) is 1.96. The van der Waals surface area contributed by atoms with Crippen LogP contribution in [0.3, 0.4) is 0 Å². The minimum atomic E-state index is -0.132. The Morgan fingerprint density at radius 2 is 1.89 bits per heavy atom. The van der Waals surface area contributed by atoms with Gasteiger partial charge in [0.05, 0.1) is 31.4 Å². The number of nitrogens with one attached hydrogen (secondary N) is 1. The van der Waals surface area contributed by atoms with E-state index in [9.17, 15) is 4.79 Å². The van der Waals surface area contributed by atoms with Gasteiger partial charge in [-0.05, 0) is 48.9 Å². The van der Waals surface area contributed by atoms with Crippen molar-refractivity contribution >= 4 is 23.4 Å². The van der Waals surface area contributed by atoms with Crippen LogP contribution in [0.25, 0.3) is 11.3 Å². The summed E-state index contributed by atoms with van der Waals surface area (Å²) in [5.41, 5.74) is 3.38. The Hall–Kier alpha value is -3.06. The summed E-state index contributed by atoms with van der Waals surface area (Å²) in [7, 11) is 3.20. The Morgan fingerprint density at radius 1 is 1.04 bits per heavy atom. The Kier molecular flexibility index (Phi) is 6.49. The molecule has 0 radical (unpaired) electrons. The van der Waals surface area contributed by atoms with Gasteiger partial charge in [-0.3, -0.25) is 4.79 Å². The number of amides is 1. The van der Waals surface area contributed by atoms with Crippen molar-refractivity contribution in [1.29, 1.82) is 0 Å². The van der Waals surface area contributed by atoms with E-state index < -0.39 is 0 Å². The number of hydrogen-bond donors (Lipinski definition) is 1. The van der Waals surface area contributed by atoms with E-state index >= 15 is 0 Å². The molecule has 0 spiro atoms. The summed E-state index contributed by atoms with van der Waals surface area (Å²) in [4.78, 5) is 12.3. The number of nitrogens with zero attached hydrogens (tertiary/aromatic N) is 2. The lowest BCUT2D eigenvalue weighted by Gasteiger charge is -2.10. The van der Waals surface area contributed by atoms with Gasteiger partial charge in [0.25, 0.3) is 0 Å². The van der Waals surface area contributed by atoms with Crippen molar-refractivity contribution in [3.8, 4) is 22.8 Å². The summed E-state index contributed by atoms with van der Waals surface area (Å²) < 4.78 is 10.5. The monoisotopic (exact) mass is 395 g/mol. The predicted octanol–water partition coefficient (Wildman–Crippen LogP) is 4.20. The van der Waals surface area contributed by atoms with Gasteiger partial charge in [0.1, 0.15) is 16.5 Å². The summed E-state index contributed by atoms with van der Waals surface area (Å²) in [5.74, 6) is 1.49. The molecular weight excluding hydrogens is 374 g/mol. The Morgan fingerprint density at radius 3 is 2.61 bits per heavy atom. The zero-order chi connectivity index (χ0) is 19.9. The van der Waals surface area contributed by atoms with Gasteiger partial charge in [-0.25, -0.2) is 0 Å². The van der Waals surface area contributed by atoms with Gasteiger partial charge in [-0.1, -0.05) is 30.0 Å². The smallest absolute Gasteiger partial charge is 0.234 e. The third-order valence-corrected chi connectivity index (χ3v) is 4.91. The summed E-state index contributed by atoms with van der Waals surface area (Å²) >= 11 is 1.33. The molecule has 144 valence electrons. The highest BCUT2D eigenvalue weighted by Crippen LogP contribution is 2.26. The number of benzene rings is 2. The van der Waals surface area contributed by atoms with Crippen molar-refractivity contribution in [3.63, 3.8) is 0 Å². The molecule has 28 heavy (non-hydrogen) atoms. The van der Waals surface area contributed by atoms with Crippen molar-refractivity contribution in [2.24, 2.45) is 0 Å². The zero-order valence-corrected chi connectivity index (χ0v) is 16.7. The number of thioether (sulfide) groups is 1. The molecule has 1 N–H and O–H groups in total. The Balaban J connectivity index is 1.60. The van der Waals surface area contributed by atoms with Crippen LogP contribution in [0.4, 0.5) is 5.69 Å². The van der Waals surface area contributed by atoms with E-state index in [1.807, 2.05) is 61.5 Å². The fourth-order valence-corrected chi connectivity index (χ4v) is 3.19. The van der Waals surface area contributed by atoms with Crippen molar-refractivity contribution in [2.45, 2.75) is 11.9 Å². The second kappa shape index (κ2) is 9.23. The van der Waals surface area contributed by atoms with Crippen LogP contribution in [-0.4, -0.2) is 36.1 Å². The first kappa shape index (κ1) is 19.7. The van der Waals surface area contributed by atoms with E-state index in [0.29, 0.717) is 16.5 Å². The lowest BCUT2D eigenvalue weighted by Crippen LogP contribution is -2.15. The van der Waals surface area contributed by atoms with E-state index in [1.165, 1.54) is 11.8 Å². The van der Waals surface area contributed by atoms with Crippen molar-refractivity contribution in [2.75, 3.05) is 25.3 Å². The van der Waals surface area contributed by atoms with Crippen LogP contribution in [0.5, 0.6) is 11.5 Å². The van der Waals surface area contributed by atoms with E-state index in [2.05, 4.69) is 15.5 Å². The number of ether oxygens (including phenoxy) is 2. The fourth-order valence-electron chi connectivity index (χ4n) is 2.58. The van der Waals surface area contributed by atoms with Gasteiger partial charge in [0.15, 0.2) is 0 Å². The normalized spacial score (nSPS) is 10.4. The Labute approximate surface area is 168 Å². The number of aromatic nitrogens is 2. The van der Waals surface area contributed by atoms with Gasteiger partial charge in [-0.2, -0.15) is 0 Å². The lowest BCUT2D eigenvalue weighted by molar-refractivity contribution is -0.113. The minimum Gasteiger partial charge on any atom is -0.497 e. The molecule has 0 aliphatic carbocycles. The molecule has 1 amide bonds. The molecule has 0 aliphatic rings. The molecule has 0 saturated carbocycles. The maximum Gasteiger partial charge on any atom is 0.234 e. The quantitative estimate of drug-likeness (QED) is 0.605. The van der Waals surface area contributed by atoms with Crippen LogP contribution in [0.1, 0.15) is 5.56 Å². The second-order valence-electron chi connectivity index (χ2n) is 6.03. The third kappa shape index (κ3) is 5.01. The number of carbonyl (C=O) groups excluding carboxylic acids is 1. The number of aryl methyl sites for hydroxylation is 1. The Bertz CT molecular complexity index is 961. The molecule has 1 aromatic heterocycles. The van der Waals surface area contributed by atoms with Crippen molar-refractivity contribution in [3.05, 3.63) is 60.2 Å². The summed E-state index contributed by atoms with van der Waals surface area (Å²) in [5, 5.41) is 12.0. The maximum atomic E-state index is 12.3. The topological polar surface area (TPSA) is 73.3 Å². The predicted molar refractivity (Wildman–Crippen MR) is 111 cm³/mol. The van der Waals surface area contributed by atoms with Crippen molar-refractivity contribution < 1.29 is 14.3 Å². The molecule has 0 saturated heterocycles. The average Bonchev–Trinajstić information content (AvgIpc) is 2.73. The highest BCUT2D eigenvalue weighted by Gasteiger charge is 2.10. The van der Waals surface area contributed by atoms with Gasteiger partial charge >= 0.3 is 0 Å². The number of rotatable bonds is 7. The van der Waals surface area contributed by atoms with Gasteiger partial charge < -0.3 is 14.8 Å². The first-order valence-corrected chi connectivity index (χ1v) is 9.63. The molecule has 7 heteroatoms. The zero-order valence-electron chi connectivity index (χ0n) is 15.9. The molecular formula is C21H21N3O3S. The molecule has 2 aromatic carbocycles. The molecule has 0 atom stereocenters. The summed E-state index contributed by atoms with van der Waals surface area (Å²) in [6.07, 6.45) is 0. The SMILES string of the molecule is COc1cccc(-c2ccc(SCC(=O)Nc3cc(C)ccc3OC)nn2)c1. The molecule has 3 aromatic rings. The van der Waals surface area contributed by atoms with E-state index in [4.69, 9.17) is 9.47 Å². The first-order valence-electron chi connectivity index (χ1n) is 8.64. The number of hydrogen-bond acceptors (Lipinski definition) is 6. The van der Waals surface area contributed by atoms with Crippen LogP contribution >= 0.6 is 11.8 Å². The molecule has 6 nitrogen and oxygen atoms in total. The van der Waals surface area contributed by atoms with Crippen LogP contribution in [0.2, 0.25) is 0 Å². The standard InChI is InChI=1S/C21H21N3O3S/c1-14-7-9-19(27-3)18(11-14)22-20(25)13-28-21-10-8-17(23-24-21)15-5-4-6-16(12-15)26-2/h4-12H,13H2,1-3H3,(H,22,25). The fraction of sp³-hybridized carbons (Fsp3) is 0.190. The highest BCUT2D eigenvalue weighted by atomic mass is 32.2. The molecule has 0 bridgehead atoms. The second-order valence-corrected chi connectivity index (χ2v) is 7.02. The van der Waals surface area contributed by atoms with Crippen LogP contribution in [0, 0.1) is 6.92 Å². The molecule has 0 unspecified atom stereocenters. The lowest BCUT2D eigenvalue weighted by atomic mass is 10.1. The molecule has 0 aliphatic heterocycles. The van der Waals surface area contributed by atoms with Gasteiger partial charge in [0.2, 0.25) is 5.91 Å². The summed E-state index contributed by atoms with van der Waals surface area (Å²) in [6, 6.07) is 17.0. The van der Waals surface area contributed by atoms with Gasteiger partial charge in [0, 0.05) is 5.56 Å². The number of methoxy groups -OCH3 is 2. The number of carbonyl (C=O) groups is 1. The van der Waals surface area contributed by atoms with Crippen LogP contribution < -0.4 is 14.8 Å².